The van der Waals surface area contributed by atoms with Crippen LogP contribution in [0.1, 0.15) is 31.0 Å². The zero-order chi connectivity index (χ0) is 11.7. The number of aromatic nitrogens is 2. The number of H-pyrrole nitrogens is 1. The van der Waals surface area contributed by atoms with Crippen LogP contribution in [0.3, 0.4) is 0 Å². The molecule has 1 heterocycles. The molecule has 1 aromatic carbocycles. The largest absolute Gasteiger partial charge is 0.369 e. The number of aryl methyl sites for hydroxylation is 1. The Morgan fingerprint density at radius 2 is 1.81 bits per heavy atom. The second-order valence-electron chi connectivity index (χ2n) is 4.37. The molecule has 2 aromatic rings. The molecule has 1 aromatic heterocycles. The number of nitrogen functional groups attached to an aromatic ring is 1. The van der Waals surface area contributed by atoms with Gasteiger partial charge in [-0.25, -0.2) is 4.98 Å². The first kappa shape index (κ1) is 10.7. The highest BCUT2D eigenvalue weighted by Crippen LogP contribution is 2.24. The van der Waals surface area contributed by atoms with Crippen molar-refractivity contribution in [1.82, 2.24) is 9.97 Å². The van der Waals surface area contributed by atoms with Gasteiger partial charge >= 0.3 is 0 Å². The number of nitrogens with one attached hydrogen (secondary N) is 1. The second kappa shape index (κ2) is 4.00. The normalized spacial score (nSPS) is 11.0. The third kappa shape index (κ3) is 1.94. The van der Waals surface area contributed by atoms with Crippen LogP contribution in [-0.2, 0) is 0 Å². The summed E-state index contributed by atoms with van der Waals surface area (Å²) in [6.07, 6.45) is 0. The maximum atomic E-state index is 5.63. The molecule has 3 nitrogen and oxygen atoms in total. The first-order valence-electron chi connectivity index (χ1n) is 5.50. The third-order valence-electron chi connectivity index (χ3n) is 2.75. The number of benzene rings is 1. The zero-order valence-electron chi connectivity index (χ0n) is 9.91. The first-order valence-corrected chi connectivity index (χ1v) is 5.50. The number of aromatic amines is 1. The van der Waals surface area contributed by atoms with Crippen molar-refractivity contribution in [2.24, 2.45) is 0 Å². The number of rotatable bonds is 2. The highest BCUT2D eigenvalue weighted by Gasteiger charge is 2.07. The van der Waals surface area contributed by atoms with E-state index in [0.29, 0.717) is 11.9 Å². The fourth-order valence-corrected chi connectivity index (χ4v) is 1.79. The average Bonchev–Trinajstić information content (AvgIpc) is 2.58. The van der Waals surface area contributed by atoms with Gasteiger partial charge in [0.15, 0.2) is 5.95 Å². The predicted molar refractivity (Wildman–Crippen MR) is 67.3 cm³/mol. The summed E-state index contributed by atoms with van der Waals surface area (Å²) in [5.41, 5.74) is 10.0. The molecule has 16 heavy (non-hydrogen) atoms. The molecule has 0 radical (unpaired) electrons. The van der Waals surface area contributed by atoms with Crippen molar-refractivity contribution in [2.45, 2.75) is 26.7 Å². The molecular formula is C13H17N3. The fraction of sp³-hybridized carbons (Fsp3) is 0.308. The van der Waals surface area contributed by atoms with Crippen LogP contribution in [0.25, 0.3) is 11.3 Å². The standard InChI is InChI=1S/C13H17N3/c1-8(2)10-4-6-11(7-5-10)12-9(3)15-13(14)16-12/h4-8H,1-3H3,(H3,14,15,16). The van der Waals surface area contributed by atoms with Gasteiger partial charge in [-0.05, 0) is 18.4 Å². The predicted octanol–water partition coefficient (Wildman–Crippen LogP) is 3.09. The molecule has 0 aliphatic rings. The van der Waals surface area contributed by atoms with Crippen molar-refractivity contribution in [3.8, 4) is 11.3 Å². The van der Waals surface area contributed by atoms with Crippen molar-refractivity contribution in [1.29, 1.82) is 0 Å². The Bertz CT molecular complexity index is 480. The summed E-state index contributed by atoms with van der Waals surface area (Å²) in [5, 5.41) is 0. The highest BCUT2D eigenvalue weighted by molar-refractivity contribution is 5.63. The molecule has 2 rings (SSSR count). The Kier molecular flexibility index (Phi) is 2.69. The Hall–Kier alpha value is -1.77. The molecule has 0 fully saturated rings. The molecule has 0 unspecified atom stereocenters. The smallest absolute Gasteiger partial charge is 0.198 e. The molecule has 0 saturated carbocycles. The number of imidazole rings is 1. The molecular weight excluding hydrogens is 198 g/mol. The van der Waals surface area contributed by atoms with Gasteiger partial charge in [0, 0.05) is 11.3 Å². The number of hydrogen-bond acceptors (Lipinski definition) is 2. The lowest BCUT2D eigenvalue weighted by Crippen LogP contribution is -1.88. The average molecular weight is 215 g/mol. The van der Waals surface area contributed by atoms with Crippen LogP contribution in [0.15, 0.2) is 24.3 Å². The lowest BCUT2D eigenvalue weighted by Gasteiger charge is -2.05. The van der Waals surface area contributed by atoms with Crippen LogP contribution in [0.5, 0.6) is 0 Å². The SMILES string of the molecule is Cc1[nH]c(N)nc1-c1ccc(C(C)C)cc1. The molecule has 0 aliphatic heterocycles. The fourth-order valence-electron chi connectivity index (χ4n) is 1.79. The highest BCUT2D eigenvalue weighted by atomic mass is 15.0. The summed E-state index contributed by atoms with van der Waals surface area (Å²) in [7, 11) is 0. The van der Waals surface area contributed by atoms with Gasteiger partial charge < -0.3 is 10.7 Å². The molecule has 3 heteroatoms. The van der Waals surface area contributed by atoms with Gasteiger partial charge in [0.05, 0.1) is 5.69 Å². The van der Waals surface area contributed by atoms with Gasteiger partial charge in [-0.2, -0.15) is 0 Å². The summed E-state index contributed by atoms with van der Waals surface area (Å²) in [5.74, 6) is 1.03. The van der Waals surface area contributed by atoms with Gasteiger partial charge in [-0.15, -0.1) is 0 Å². The van der Waals surface area contributed by atoms with Crippen LogP contribution in [0.2, 0.25) is 0 Å². The molecule has 0 spiro atoms. The van der Waals surface area contributed by atoms with Crippen LogP contribution in [-0.4, -0.2) is 9.97 Å². The van der Waals surface area contributed by atoms with Crippen molar-refractivity contribution in [2.75, 3.05) is 5.73 Å². The van der Waals surface area contributed by atoms with Gasteiger partial charge in [-0.3, -0.25) is 0 Å². The van der Waals surface area contributed by atoms with E-state index in [4.69, 9.17) is 5.73 Å². The van der Waals surface area contributed by atoms with E-state index in [1.807, 2.05) is 6.92 Å². The monoisotopic (exact) mass is 215 g/mol. The number of nitrogens with two attached hydrogens (primary N) is 1. The molecule has 0 atom stereocenters. The van der Waals surface area contributed by atoms with Crippen LogP contribution >= 0.6 is 0 Å². The van der Waals surface area contributed by atoms with E-state index in [9.17, 15) is 0 Å². The topological polar surface area (TPSA) is 54.7 Å². The summed E-state index contributed by atoms with van der Waals surface area (Å²) in [6.45, 7) is 6.36. The summed E-state index contributed by atoms with van der Waals surface area (Å²) in [6, 6.07) is 8.48. The molecule has 3 N–H and O–H groups in total. The van der Waals surface area contributed by atoms with E-state index in [0.717, 1.165) is 17.0 Å². The number of hydrogen-bond donors (Lipinski definition) is 2. The van der Waals surface area contributed by atoms with E-state index < -0.39 is 0 Å². The van der Waals surface area contributed by atoms with Gasteiger partial charge in [0.25, 0.3) is 0 Å². The van der Waals surface area contributed by atoms with Crippen molar-refractivity contribution < 1.29 is 0 Å². The van der Waals surface area contributed by atoms with Gasteiger partial charge in [0.1, 0.15) is 0 Å². The summed E-state index contributed by atoms with van der Waals surface area (Å²) in [4.78, 5) is 7.29. The lowest BCUT2D eigenvalue weighted by molar-refractivity contribution is 0.867. The minimum absolute atomic E-state index is 0.473. The van der Waals surface area contributed by atoms with E-state index in [1.165, 1.54) is 5.56 Å². The number of anilines is 1. The molecule has 84 valence electrons. The quantitative estimate of drug-likeness (QED) is 0.808. The maximum absolute atomic E-state index is 5.63. The second-order valence-corrected chi connectivity index (χ2v) is 4.37. The van der Waals surface area contributed by atoms with Crippen LogP contribution in [0.4, 0.5) is 5.95 Å². The minimum atomic E-state index is 0.473. The Morgan fingerprint density at radius 3 is 2.25 bits per heavy atom. The molecule has 0 bridgehead atoms. The molecule has 0 amide bonds. The Balaban J connectivity index is 2.38. The van der Waals surface area contributed by atoms with Gasteiger partial charge in [0.2, 0.25) is 0 Å². The molecule has 0 saturated heterocycles. The minimum Gasteiger partial charge on any atom is -0.369 e. The molecule has 0 aliphatic carbocycles. The Morgan fingerprint density at radius 1 is 1.19 bits per heavy atom. The van der Waals surface area contributed by atoms with E-state index in [2.05, 4.69) is 48.1 Å². The van der Waals surface area contributed by atoms with E-state index in [-0.39, 0.29) is 0 Å². The zero-order valence-corrected chi connectivity index (χ0v) is 9.91. The van der Waals surface area contributed by atoms with E-state index >= 15 is 0 Å². The first-order chi connectivity index (χ1) is 7.58. The van der Waals surface area contributed by atoms with Crippen LogP contribution < -0.4 is 5.73 Å². The van der Waals surface area contributed by atoms with Crippen molar-refractivity contribution in [3.05, 3.63) is 35.5 Å². The van der Waals surface area contributed by atoms with E-state index in [1.54, 1.807) is 0 Å². The Labute approximate surface area is 95.7 Å². The lowest BCUT2D eigenvalue weighted by atomic mass is 10.0. The van der Waals surface area contributed by atoms with Gasteiger partial charge in [-0.1, -0.05) is 38.1 Å². The third-order valence-corrected chi connectivity index (χ3v) is 2.75. The summed E-state index contributed by atoms with van der Waals surface area (Å²) < 4.78 is 0. The van der Waals surface area contributed by atoms with Crippen LogP contribution in [0, 0.1) is 6.92 Å². The number of nitrogens with zero attached hydrogens (tertiary/aromatic N) is 1. The maximum Gasteiger partial charge on any atom is 0.198 e. The van der Waals surface area contributed by atoms with Crippen molar-refractivity contribution in [3.63, 3.8) is 0 Å². The summed E-state index contributed by atoms with van der Waals surface area (Å²) >= 11 is 0. The van der Waals surface area contributed by atoms with Crippen molar-refractivity contribution >= 4 is 5.95 Å².